The zero-order valence-corrected chi connectivity index (χ0v) is 12.4. The molecular formula is C15H24N2O3. The Bertz CT molecular complexity index is 445. The van der Waals surface area contributed by atoms with Gasteiger partial charge in [-0.05, 0) is 25.0 Å². The Morgan fingerprint density at radius 2 is 2.05 bits per heavy atom. The Hall–Kier alpha value is -1.75. The molecule has 0 saturated heterocycles. The minimum absolute atomic E-state index is 0.00540. The number of anilines is 2. The standard InChI is InChI=1S/C15H24N2O3/c1-4-11(5-2)17(9-10-18)14-12(15(19)20-3)7-6-8-13(14)16/h6-8,11,18H,4-5,9-10,16H2,1-3H3. The number of esters is 1. The van der Waals surface area contributed by atoms with Gasteiger partial charge < -0.3 is 20.5 Å². The van der Waals surface area contributed by atoms with E-state index in [4.69, 9.17) is 10.5 Å². The fourth-order valence-corrected chi connectivity index (χ4v) is 2.47. The van der Waals surface area contributed by atoms with Crippen molar-refractivity contribution in [1.82, 2.24) is 0 Å². The molecule has 0 radical (unpaired) electrons. The van der Waals surface area contributed by atoms with E-state index in [9.17, 15) is 9.90 Å². The van der Waals surface area contributed by atoms with E-state index in [1.807, 2.05) is 4.90 Å². The summed E-state index contributed by atoms with van der Waals surface area (Å²) < 4.78 is 4.82. The van der Waals surface area contributed by atoms with Crippen molar-refractivity contribution >= 4 is 17.3 Å². The molecule has 0 unspecified atom stereocenters. The van der Waals surface area contributed by atoms with Crippen LogP contribution in [0.2, 0.25) is 0 Å². The summed E-state index contributed by atoms with van der Waals surface area (Å²) in [5, 5.41) is 9.32. The Balaban J connectivity index is 3.34. The van der Waals surface area contributed by atoms with Gasteiger partial charge in [0.2, 0.25) is 0 Å². The van der Waals surface area contributed by atoms with Crippen LogP contribution in [0.5, 0.6) is 0 Å². The van der Waals surface area contributed by atoms with Gasteiger partial charge in [-0.2, -0.15) is 0 Å². The first-order chi connectivity index (χ1) is 9.60. The van der Waals surface area contributed by atoms with Gasteiger partial charge in [-0.15, -0.1) is 0 Å². The van der Waals surface area contributed by atoms with E-state index in [0.29, 0.717) is 23.5 Å². The summed E-state index contributed by atoms with van der Waals surface area (Å²) >= 11 is 0. The molecule has 0 aliphatic rings. The average molecular weight is 280 g/mol. The quantitative estimate of drug-likeness (QED) is 0.590. The smallest absolute Gasteiger partial charge is 0.340 e. The number of carbonyl (C=O) groups is 1. The third-order valence-corrected chi connectivity index (χ3v) is 3.48. The zero-order valence-electron chi connectivity index (χ0n) is 12.4. The molecule has 0 aliphatic carbocycles. The highest BCUT2D eigenvalue weighted by Crippen LogP contribution is 2.31. The fourth-order valence-electron chi connectivity index (χ4n) is 2.47. The Morgan fingerprint density at radius 3 is 2.55 bits per heavy atom. The Labute approximate surface area is 120 Å². The summed E-state index contributed by atoms with van der Waals surface area (Å²) in [5.41, 5.74) is 7.68. The number of hydrogen-bond donors (Lipinski definition) is 2. The summed E-state index contributed by atoms with van der Waals surface area (Å²) in [7, 11) is 1.35. The van der Waals surface area contributed by atoms with Gasteiger partial charge in [0.1, 0.15) is 0 Å². The van der Waals surface area contributed by atoms with E-state index in [0.717, 1.165) is 12.8 Å². The Kier molecular flexibility index (Phi) is 6.31. The number of nitrogens with two attached hydrogens (primary N) is 1. The first-order valence-electron chi connectivity index (χ1n) is 6.94. The van der Waals surface area contributed by atoms with E-state index >= 15 is 0 Å². The van der Waals surface area contributed by atoms with Crippen LogP contribution >= 0.6 is 0 Å². The molecule has 112 valence electrons. The van der Waals surface area contributed by atoms with Gasteiger partial charge in [0, 0.05) is 12.6 Å². The maximum absolute atomic E-state index is 11.9. The van der Waals surface area contributed by atoms with Gasteiger partial charge in [0.15, 0.2) is 0 Å². The predicted molar refractivity (Wildman–Crippen MR) is 81.0 cm³/mol. The van der Waals surface area contributed by atoms with E-state index in [-0.39, 0.29) is 12.6 Å². The summed E-state index contributed by atoms with van der Waals surface area (Å²) in [6, 6.07) is 5.41. The molecule has 5 nitrogen and oxygen atoms in total. The van der Waals surface area contributed by atoms with Crippen LogP contribution in [-0.4, -0.2) is 37.4 Å². The molecule has 0 saturated carbocycles. The molecule has 0 aromatic heterocycles. The lowest BCUT2D eigenvalue weighted by atomic mass is 10.0. The van der Waals surface area contributed by atoms with E-state index in [1.165, 1.54) is 7.11 Å². The van der Waals surface area contributed by atoms with Crippen LogP contribution in [-0.2, 0) is 4.74 Å². The normalized spacial score (nSPS) is 10.7. The molecule has 0 fully saturated rings. The summed E-state index contributed by atoms with van der Waals surface area (Å²) in [6.07, 6.45) is 1.82. The molecule has 1 rings (SSSR count). The second-order valence-corrected chi connectivity index (χ2v) is 4.62. The average Bonchev–Trinajstić information content (AvgIpc) is 2.46. The molecule has 20 heavy (non-hydrogen) atoms. The summed E-state index contributed by atoms with van der Waals surface area (Å²) in [6.45, 7) is 4.60. The molecule has 5 heteroatoms. The Morgan fingerprint density at radius 1 is 1.40 bits per heavy atom. The van der Waals surface area contributed by atoms with Crippen LogP contribution in [0.25, 0.3) is 0 Å². The lowest BCUT2D eigenvalue weighted by Crippen LogP contribution is -2.38. The maximum Gasteiger partial charge on any atom is 0.340 e. The number of aliphatic hydroxyl groups excluding tert-OH is 1. The van der Waals surface area contributed by atoms with E-state index < -0.39 is 5.97 Å². The van der Waals surface area contributed by atoms with Crippen molar-refractivity contribution in [2.45, 2.75) is 32.7 Å². The SMILES string of the molecule is CCC(CC)N(CCO)c1c(N)cccc1C(=O)OC. The lowest BCUT2D eigenvalue weighted by molar-refractivity contribution is 0.0601. The highest BCUT2D eigenvalue weighted by Gasteiger charge is 2.23. The van der Waals surface area contributed by atoms with Crippen LogP contribution < -0.4 is 10.6 Å². The molecule has 0 aliphatic heterocycles. The van der Waals surface area contributed by atoms with Crippen molar-refractivity contribution in [3.05, 3.63) is 23.8 Å². The summed E-state index contributed by atoms with van der Waals surface area (Å²) in [5.74, 6) is -0.416. The number of rotatable bonds is 7. The molecule has 1 aromatic carbocycles. The third kappa shape index (κ3) is 3.42. The molecule has 0 amide bonds. The number of benzene rings is 1. The van der Waals surface area contributed by atoms with Gasteiger partial charge in [-0.25, -0.2) is 4.79 Å². The van der Waals surface area contributed by atoms with Crippen LogP contribution in [0.1, 0.15) is 37.0 Å². The van der Waals surface area contributed by atoms with Crippen LogP contribution in [0.15, 0.2) is 18.2 Å². The van der Waals surface area contributed by atoms with Gasteiger partial charge in [0.05, 0.1) is 30.7 Å². The molecule has 0 atom stereocenters. The molecule has 0 spiro atoms. The summed E-state index contributed by atoms with van der Waals surface area (Å²) in [4.78, 5) is 13.9. The van der Waals surface area contributed by atoms with Crippen molar-refractivity contribution < 1.29 is 14.6 Å². The number of aliphatic hydroxyl groups is 1. The monoisotopic (exact) mass is 280 g/mol. The predicted octanol–water partition coefficient (Wildman–Crippen LogP) is 2.04. The van der Waals surface area contributed by atoms with Crippen molar-refractivity contribution in [1.29, 1.82) is 0 Å². The van der Waals surface area contributed by atoms with Crippen LogP contribution in [0.3, 0.4) is 0 Å². The van der Waals surface area contributed by atoms with Crippen molar-refractivity contribution in [2.24, 2.45) is 0 Å². The number of para-hydroxylation sites is 1. The van der Waals surface area contributed by atoms with Crippen molar-refractivity contribution in [3.8, 4) is 0 Å². The number of methoxy groups -OCH3 is 1. The topological polar surface area (TPSA) is 75.8 Å². The van der Waals surface area contributed by atoms with Gasteiger partial charge in [-0.1, -0.05) is 19.9 Å². The first kappa shape index (κ1) is 16.3. The molecular weight excluding hydrogens is 256 g/mol. The van der Waals surface area contributed by atoms with Crippen molar-refractivity contribution in [2.75, 3.05) is 30.9 Å². The third-order valence-electron chi connectivity index (χ3n) is 3.48. The minimum atomic E-state index is -0.416. The second kappa shape index (κ2) is 7.75. The van der Waals surface area contributed by atoms with E-state index in [1.54, 1.807) is 18.2 Å². The van der Waals surface area contributed by atoms with E-state index in [2.05, 4.69) is 13.8 Å². The highest BCUT2D eigenvalue weighted by atomic mass is 16.5. The largest absolute Gasteiger partial charge is 0.465 e. The number of hydrogen-bond acceptors (Lipinski definition) is 5. The first-order valence-corrected chi connectivity index (χ1v) is 6.94. The van der Waals surface area contributed by atoms with Gasteiger partial charge in [-0.3, -0.25) is 0 Å². The molecule has 0 bridgehead atoms. The number of ether oxygens (including phenoxy) is 1. The molecule has 3 N–H and O–H groups in total. The molecule has 1 aromatic rings. The number of carbonyl (C=O) groups excluding carboxylic acids is 1. The second-order valence-electron chi connectivity index (χ2n) is 4.62. The van der Waals surface area contributed by atoms with Gasteiger partial charge >= 0.3 is 5.97 Å². The van der Waals surface area contributed by atoms with Crippen molar-refractivity contribution in [3.63, 3.8) is 0 Å². The molecule has 0 heterocycles. The van der Waals surface area contributed by atoms with Crippen LogP contribution in [0, 0.1) is 0 Å². The zero-order chi connectivity index (χ0) is 15.1. The minimum Gasteiger partial charge on any atom is -0.465 e. The lowest BCUT2D eigenvalue weighted by Gasteiger charge is -2.34. The number of nitrogen functional groups attached to an aromatic ring is 1. The number of nitrogens with zero attached hydrogens (tertiary/aromatic N) is 1. The van der Waals surface area contributed by atoms with Gasteiger partial charge in [0.25, 0.3) is 0 Å². The highest BCUT2D eigenvalue weighted by molar-refractivity contribution is 5.99. The fraction of sp³-hybridized carbons (Fsp3) is 0.533. The van der Waals surface area contributed by atoms with Crippen LogP contribution in [0.4, 0.5) is 11.4 Å². The maximum atomic E-state index is 11.9.